The summed E-state index contributed by atoms with van der Waals surface area (Å²) in [7, 11) is 0. The predicted octanol–water partition coefficient (Wildman–Crippen LogP) is 2.13. The predicted molar refractivity (Wildman–Crippen MR) is 78.2 cm³/mol. The second-order valence-electron chi connectivity index (χ2n) is 4.90. The Kier molecular flexibility index (Phi) is 3.88. The second kappa shape index (κ2) is 5.63. The molecule has 1 aliphatic rings. The fourth-order valence-corrected chi connectivity index (χ4v) is 2.81. The lowest BCUT2D eigenvalue weighted by Gasteiger charge is -2.28. The van der Waals surface area contributed by atoms with Gasteiger partial charge in [0.15, 0.2) is 0 Å². The van der Waals surface area contributed by atoms with Gasteiger partial charge < -0.3 is 14.8 Å². The Bertz CT molecular complexity index is 564. The second-order valence-corrected chi connectivity index (χ2v) is 5.81. The summed E-state index contributed by atoms with van der Waals surface area (Å²) in [6, 6.07) is 7.78. The minimum absolute atomic E-state index is 0.565. The molecule has 2 heterocycles. The van der Waals surface area contributed by atoms with E-state index in [2.05, 4.69) is 26.1 Å². The van der Waals surface area contributed by atoms with Crippen LogP contribution in [0.4, 0.5) is 0 Å². The lowest BCUT2D eigenvalue weighted by molar-refractivity contribution is 0.0897. The van der Waals surface area contributed by atoms with Gasteiger partial charge in [0.2, 0.25) is 0 Å². The van der Waals surface area contributed by atoms with Gasteiger partial charge in [0.1, 0.15) is 17.4 Å². The van der Waals surface area contributed by atoms with E-state index in [1.165, 1.54) is 0 Å². The summed E-state index contributed by atoms with van der Waals surface area (Å²) >= 11 is 3.44. The lowest BCUT2D eigenvalue weighted by atomic mass is 10.2. The maximum atomic E-state index is 10.3. The third-order valence-electron chi connectivity index (χ3n) is 3.47. The lowest BCUT2D eigenvalue weighted by Crippen LogP contribution is -2.44. The van der Waals surface area contributed by atoms with E-state index in [9.17, 15) is 5.11 Å². The normalized spacial score (nSPS) is 18.8. The van der Waals surface area contributed by atoms with Crippen LogP contribution in [0.15, 0.2) is 33.2 Å². The zero-order chi connectivity index (χ0) is 13.2. The highest BCUT2D eigenvalue weighted by Crippen LogP contribution is 2.27. The number of hydrogen-bond acceptors (Lipinski definition) is 4. The quantitative estimate of drug-likeness (QED) is 0.908. The van der Waals surface area contributed by atoms with Crippen molar-refractivity contribution in [1.82, 2.24) is 10.2 Å². The van der Waals surface area contributed by atoms with Gasteiger partial charge in [0.25, 0.3) is 0 Å². The van der Waals surface area contributed by atoms with Gasteiger partial charge in [-0.15, -0.1) is 0 Å². The van der Waals surface area contributed by atoms with Crippen molar-refractivity contribution in [2.45, 2.75) is 6.10 Å². The largest absolute Gasteiger partial charge is 0.458 e. The fourth-order valence-electron chi connectivity index (χ4n) is 2.43. The average molecular weight is 325 g/mol. The standard InChI is InChI=1S/C14H17BrN2O2/c15-11-1-2-13-10(7-11)8-14(19-13)12(18)9-17-5-3-16-4-6-17/h1-2,7-8,12,16,18H,3-6,9H2. The SMILES string of the molecule is OC(CN1CCNCC1)c1cc2cc(Br)ccc2o1. The number of halogens is 1. The Labute approximate surface area is 120 Å². The zero-order valence-electron chi connectivity index (χ0n) is 10.6. The Morgan fingerprint density at radius 2 is 2.11 bits per heavy atom. The molecule has 0 aliphatic carbocycles. The van der Waals surface area contributed by atoms with Crippen LogP contribution in [-0.2, 0) is 0 Å². The molecule has 1 saturated heterocycles. The molecule has 102 valence electrons. The number of β-amino-alcohol motifs (C(OH)–C–C–N with tert-alkyl or cyclic N) is 1. The van der Waals surface area contributed by atoms with Crippen LogP contribution in [0.5, 0.6) is 0 Å². The molecular weight excluding hydrogens is 308 g/mol. The molecule has 4 nitrogen and oxygen atoms in total. The Morgan fingerprint density at radius 3 is 2.89 bits per heavy atom. The number of fused-ring (bicyclic) bond motifs is 1. The van der Waals surface area contributed by atoms with E-state index < -0.39 is 6.10 Å². The summed E-state index contributed by atoms with van der Waals surface area (Å²) < 4.78 is 6.73. The van der Waals surface area contributed by atoms with Gasteiger partial charge in [-0.3, -0.25) is 4.90 Å². The molecule has 0 saturated carbocycles. The molecule has 5 heteroatoms. The van der Waals surface area contributed by atoms with Crippen LogP contribution in [0.3, 0.4) is 0 Å². The van der Waals surface area contributed by atoms with Crippen molar-refractivity contribution in [1.29, 1.82) is 0 Å². The molecule has 2 N–H and O–H groups in total. The maximum Gasteiger partial charge on any atom is 0.135 e. The Hall–Kier alpha value is -0.880. The highest BCUT2D eigenvalue weighted by Gasteiger charge is 2.18. The summed E-state index contributed by atoms with van der Waals surface area (Å²) in [5.74, 6) is 0.645. The summed E-state index contributed by atoms with van der Waals surface area (Å²) in [6.45, 7) is 4.55. The first-order valence-electron chi connectivity index (χ1n) is 6.52. The van der Waals surface area contributed by atoms with Crippen LogP contribution >= 0.6 is 15.9 Å². The average Bonchev–Trinajstić information content (AvgIpc) is 2.83. The van der Waals surface area contributed by atoms with E-state index in [0.29, 0.717) is 12.3 Å². The molecule has 1 unspecified atom stereocenters. The first-order valence-corrected chi connectivity index (χ1v) is 7.32. The number of nitrogens with zero attached hydrogens (tertiary/aromatic N) is 1. The fraction of sp³-hybridized carbons (Fsp3) is 0.429. The minimum Gasteiger partial charge on any atom is -0.458 e. The first-order chi connectivity index (χ1) is 9.22. The van der Waals surface area contributed by atoms with Gasteiger partial charge in [-0.2, -0.15) is 0 Å². The third-order valence-corrected chi connectivity index (χ3v) is 3.96. The molecular formula is C14H17BrN2O2. The third kappa shape index (κ3) is 3.00. The molecule has 0 spiro atoms. The Morgan fingerprint density at radius 1 is 1.32 bits per heavy atom. The number of benzene rings is 1. The van der Waals surface area contributed by atoms with E-state index in [-0.39, 0.29) is 0 Å². The van der Waals surface area contributed by atoms with Crippen molar-refractivity contribution in [2.24, 2.45) is 0 Å². The van der Waals surface area contributed by atoms with E-state index in [1.54, 1.807) is 0 Å². The number of hydrogen-bond donors (Lipinski definition) is 2. The van der Waals surface area contributed by atoms with E-state index in [4.69, 9.17) is 4.42 Å². The van der Waals surface area contributed by atoms with Crippen molar-refractivity contribution in [3.63, 3.8) is 0 Å². The molecule has 1 aliphatic heterocycles. The number of nitrogens with one attached hydrogen (secondary N) is 1. The molecule has 0 amide bonds. The number of piperazine rings is 1. The van der Waals surface area contributed by atoms with Gasteiger partial charge in [-0.1, -0.05) is 15.9 Å². The number of furan rings is 1. The van der Waals surface area contributed by atoms with Gasteiger partial charge in [0.05, 0.1) is 0 Å². The van der Waals surface area contributed by atoms with Crippen molar-refractivity contribution >= 4 is 26.9 Å². The van der Waals surface area contributed by atoms with E-state index >= 15 is 0 Å². The highest BCUT2D eigenvalue weighted by molar-refractivity contribution is 9.10. The van der Waals surface area contributed by atoms with E-state index in [0.717, 1.165) is 41.6 Å². The number of aliphatic hydroxyl groups is 1. The first kappa shape index (κ1) is 13.1. The summed E-state index contributed by atoms with van der Waals surface area (Å²) in [6.07, 6.45) is -0.565. The molecule has 0 radical (unpaired) electrons. The summed E-state index contributed by atoms with van der Waals surface area (Å²) in [5.41, 5.74) is 0.817. The van der Waals surface area contributed by atoms with Gasteiger partial charge >= 0.3 is 0 Å². The molecule has 2 aromatic rings. The van der Waals surface area contributed by atoms with Crippen molar-refractivity contribution < 1.29 is 9.52 Å². The molecule has 1 aromatic heterocycles. The monoisotopic (exact) mass is 324 g/mol. The number of aliphatic hydroxyl groups excluding tert-OH is 1. The summed E-state index contributed by atoms with van der Waals surface area (Å²) in [5, 5.41) is 14.6. The van der Waals surface area contributed by atoms with Crippen LogP contribution < -0.4 is 5.32 Å². The van der Waals surface area contributed by atoms with Crippen molar-refractivity contribution in [2.75, 3.05) is 32.7 Å². The topological polar surface area (TPSA) is 48.6 Å². The highest BCUT2D eigenvalue weighted by atomic mass is 79.9. The molecule has 1 aromatic carbocycles. The van der Waals surface area contributed by atoms with Gasteiger partial charge in [-0.05, 0) is 24.3 Å². The van der Waals surface area contributed by atoms with Gasteiger partial charge in [-0.25, -0.2) is 0 Å². The number of rotatable bonds is 3. The smallest absolute Gasteiger partial charge is 0.135 e. The van der Waals surface area contributed by atoms with Crippen molar-refractivity contribution in [3.8, 4) is 0 Å². The van der Waals surface area contributed by atoms with Crippen LogP contribution in [0.25, 0.3) is 11.0 Å². The molecule has 3 rings (SSSR count). The van der Waals surface area contributed by atoms with Gasteiger partial charge in [0, 0.05) is 42.6 Å². The van der Waals surface area contributed by atoms with Crippen LogP contribution in [0.1, 0.15) is 11.9 Å². The summed E-state index contributed by atoms with van der Waals surface area (Å²) in [4.78, 5) is 2.25. The molecule has 0 bridgehead atoms. The maximum absolute atomic E-state index is 10.3. The zero-order valence-corrected chi connectivity index (χ0v) is 12.2. The van der Waals surface area contributed by atoms with Crippen LogP contribution in [0, 0.1) is 0 Å². The Balaban J connectivity index is 1.75. The molecule has 1 atom stereocenters. The van der Waals surface area contributed by atoms with Crippen LogP contribution in [-0.4, -0.2) is 42.7 Å². The molecule has 1 fully saturated rings. The van der Waals surface area contributed by atoms with Crippen molar-refractivity contribution in [3.05, 3.63) is 34.5 Å². The van der Waals surface area contributed by atoms with Crippen LogP contribution in [0.2, 0.25) is 0 Å². The minimum atomic E-state index is -0.565. The molecule has 19 heavy (non-hydrogen) atoms. The van der Waals surface area contributed by atoms with E-state index in [1.807, 2.05) is 24.3 Å².